The van der Waals surface area contributed by atoms with Gasteiger partial charge in [0.25, 0.3) is 0 Å². The van der Waals surface area contributed by atoms with Gasteiger partial charge in [0.1, 0.15) is 0 Å². The lowest BCUT2D eigenvalue weighted by Crippen LogP contribution is -2.24. The molecule has 0 fully saturated rings. The summed E-state index contributed by atoms with van der Waals surface area (Å²) in [5, 5.41) is 1.39. The van der Waals surface area contributed by atoms with Crippen molar-refractivity contribution in [3.63, 3.8) is 0 Å². The molecule has 0 spiro atoms. The van der Waals surface area contributed by atoms with E-state index in [9.17, 15) is 4.79 Å². The van der Waals surface area contributed by atoms with E-state index in [4.69, 9.17) is 11.6 Å². The van der Waals surface area contributed by atoms with E-state index in [2.05, 4.69) is 4.98 Å². The Morgan fingerprint density at radius 3 is 2.24 bits per heavy atom. The zero-order valence-corrected chi connectivity index (χ0v) is 14.1. The predicted octanol–water partition coefficient (Wildman–Crippen LogP) is 4.77. The highest BCUT2D eigenvalue weighted by molar-refractivity contribution is 6.36. The maximum atomic E-state index is 12.8. The Balaban J connectivity index is 1.99. The van der Waals surface area contributed by atoms with E-state index in [1.165, 1.54) is 0 Å². The van der Waals surface area contributed by atoms with Crippen LogP contribution in [0.1, 0.15) is 5.56 Å². The van der Waals surface area contributed by atoms with Gasteiger partial charge in [0, 0.05) is 10.9 Å². The molecule has 25 heavy (non-hydrogen) atoms. The lowest BCUT2D eigenvalue weighted by Gasteiger charge is -2.14. The summed E-state index contributed by atoms with van der Waals surface area (Å²) in [5.41, 5.74) is 3.05. The first kappa shape index (κ1) is 15.6. The van der Waals surface area contributed by atoms with Crippen molar-refractivity contribution < 1.29 is 0 Å². The van der Waals surface area contributed by atoms with Crippen LogP contribution in [0.3, 0.4) is 0 Å². The standard InChI is InChI=1S/C21H15ClN2O/c22-17-12-7-13-18-19(17)20(16-10-5-2-6-11-16)23-21(25)24(18)14-15-8-3-1-4-9-15/h1-13H,14H2. The Kier molecular flexibility index (Phi) is 4.08. The molecule has 3 aromatic carbocycles. The van der Waals surface area contributed by atoms with Gasteiger partial charge in [0.15, 0.2) is 0 Å². The fourth-order valence-corrected chi connectivity index (χ4v) is 3.27. The van der Waals surface area contributed by atoms with Crippen molar-refractivity contribution in [2.24, 2.45) is 0 Å². The molecule has 1 heterocycles. The number of hydrogen-bond donors (Lipinski definition) is 0. The van der Waals surface area contributed by atoms with Crippen molar-refractivity contribution >= 4 is 22.5 Å². The van der Waals surface area contributed by atoms with Crippen molar-refractivity contribution in [3.05, 3.63) is 99.9 Å². The fourth-order valence-electron chi connectivity index (χ4n) is 3.01. The predicted molar refractivity (Wildman–Crippen MR) is 102 cm³/mol. The first-order valence-corrected chi connectivity index (χ1v) is 8.40. The number of aromatic nitrogens is 2. The van der Waals surface area contributed by atoms with Crippen LogP contribution < -0.4 is 5.69 Å². The van der Waals surface area contributed by atoms with Crippen LogP contribution in [0.5, 0.6) is 0 Å². The summed E-state index contributed by atoms with van der Waals surface area (Å²) < 4.78 is 1.67. The van der Waals surface area contributed by atoms with Gasteiger partial charge in [-0.2, -0.15) is 4.98 Å². The quantitative estimate of drug-likeness (QED) is 0.536. The van der Waals surface area contributed by atoms with E-state index in [1.54, 1.807) is 4.57 Å². The third-order valence-corrected chi connectivity index (χ3v) is 4.50. The average molecular weight is 347 g/mol. The Hall–Kier alpha value is -2.91. The van der Waals surface area contributed by atoms with Crippen LogP contribution in [-0.4, -0.2) is 9.55 Å². The minimum atomic E-state index is -0.280. The summed E-state index contributed by atoms with van der Waals surface area (Å²) in [4.78, 5) is 17.1. The zero-order chi connectivity index (χ0) is 17.2. The average Bonchev–Trinajstić information content (AvgIpc) is 2.65. The fraction of sp³-hybridized carbons (Fsp3) is 0.0476. The normalized spacial score (nSPS) is 10.9. The second-order valence-electron chi connectivity index (χ2n) is 5.81. The van der Waals surface area contributed by atoms with Crippen molar-refractivity contribution in [1.29, 1.82) is 0 Å². The summed E-state index contributed by atoms with van der Waals surface area (Å²) in [6, 6.07) is 25.1. The van der Waals surface area contributed by atoms with Gasteiger partial charge in [-0.05, 0) is 17.7 Å². The molecule has 0 radical (unpaired) electrons. The van der Waals surface area contributed by atoms with Crippen LogP contribution in [0.25, 0.3) is 22.2 Å². The number of halogens is 1. The SMILES string of the molecule is O=c1nc(-c2ccccc2)c2c(Cl)cccc2n1Cc1ccccc1. The third kappa shape index (κ3) is 2.94. The van der Waals surface area contributed by atoms with Gasteiger partial charge >= 0.3 is 5.69 Å². The molecule has 0 aliphatic rings. The van der Waals surface area contributed by atoms with Gasteiger partial charge in [-0.15, -0.1) is 0 Å². The first-order valence-electron chi connectivity index (χ1n) is 8.02. The summed E-state index contributed by atoms with van der Waals surface area (Å²) in [6.07, 6.45) is 0. The van der Waals surface area contributed by atoms with Gasteiger partial charge in [0.2, 0.25) is 0 Å². The molecule has 4 rings (SSSR count). The van der Waals surface area contributed by atoms with Gasteiger partial charge in [-0.3, -0.25) is 4.57 Å². The lowest BCUT2D eigenvalue weighted by molar-refractivity contribution is 0.763. The van der Waals surface area contributed by atoms with E-state index >= 15 is 0 Å². The highest BCUT2D eigenvalue weighted by atomic mass is 35.5. The summed E-state index contributed by atoms with van der Waals surface area (Å²) >= 11 is 6.48. The smallest absolute Gasteiger partial charge is 0.287 e. The van der Waals surface area contributed by atoms with Crippen LogP contribution >= 0.6 is 11.6 Å². The Morgan fingerprint density at radius 2 is 1.52 bits per heavy atom. The second kappa shape index (κ2) is 6.54. The highest BCUT2D eigenvalue weighted by Crippen LogP contribution is 2.31. The minimum Gasteiger partial charge on any atom is -0.287 e. The van der Waals surface area contributed by atoms with E-state index in [1.807, 2.05) is 78.9 Å². The molecule has 122 valence electrons. The first-order chi connectivity index (χ1) is 12.2. The third-order valence-electron chi connectivity index (χ3n) is 4.19. The summed E-state index contributed by atoms with van der Waals surface area (Å²) in [6.45, 7) is 0.457. The molecular weight excluding hydrogens is 332 g/mol. The van der Waals surface area contributed by atoms with E-state index in [0.29, 0.717) is 17.3 Å². The zero-order valence-electron chi connectivity index (χ0n) is 13.4. The molecule has 0 N–H and O–H groups in total. The van der Waals surface area contributed by atoms with Gasteiger partial charge in [-0.1, -0.05) is 78.3 Å². The van der Waals surface area contributed by atoms with Gasteiger partial charge in [0.05, 0.1) is 22.8 Å². The molecule has 0 unspecified atom stereocenters. The largest absolute Gasteiger partial charge is 0.348 e. The monoisotopic (exact) mass is 346 g/mol. The number of rotatable bonds is 3. The number of nitrogens with zero attached hydrogens (tertiary/aromatic N) is 2. The maximum Gasteiger partial charge on any atom is 0.348 e. The molecule has 4 heteroatoms. The molecule has 3 nitrogen and oxygen atoms in total. The molecule has 0 saturated heterocycles. The van der Waals surface area contributed by atoms with Crippen molar-refractivity contribution in [2.45, 2.75) is 6.54 Å². The molecule has 0 aliphatic heterocycles. The van der Waals surface area contributed by atoms with Crippen molar-refractivity contribution in [1.82, 2.24) is 9.55 Å². The molecule has 0 atom stereocenters. The van der Waals surface area contributed by atoms with Crippen molar-refractivity contribution in [3.8, 4) is 11.3 Å². The molecule has 0 saturated carbocycles. The highest BCUT2D eigenvalue weighted by Gasteiger charge is 2.14. The topological polar surface area (TPSA) is 34.9 Å². The minimum absolute atomic E-state index is 0.280. The van der Waals surface area contributed by atoms with E-state index < -0.39 is 0 Å². The molecule has 0 amide bonds. The molecule has 0 bridgehead atoms. The number of fused-ring (bicyclic) bond motifs is 1. The van der Waals surface area contributed by atoms with Crippen LogP contribution in [0.2, 0.25) is 5.02 Å². The Labute approximate surface area is 150 Å². The Bertz CT molecular complexity index is 1090. The summed E-state index contributed by atoms with van der Waals surface area (Å²) in [5.74, 6) is 0. The van der Waals surface area contributed by atoms with Gasteiger partial charge < -0.3 is 0 Å². The van der Waals surface area contributed by atoms with E-state index in [-0.39, 0.29) is 5.69 Å². The number of benzene rings is 3. The molecule has 1 aromatic heterocycles. The van der Waals surface area contributed by atoms with Crippen LogP contribution in [0.15, 0.2) is 83.7 Å². The van der Waals surface area contributed by atoms with Crippen LogP contribution in [-0.2, 0) is 6.54 Å². The maximum absolute atomic E-state index is 12.8. The second-order valence-corrected chi connectivity index (χ2v) is 6.22. The van der Waals surface area contributed by atoms with Crippen LogP contribution in [0.4, 0.5) is 0 Å². The molecule has 4 aromatic rings. The Morgan fingerprint density at radius 1 is 0.840 bits per heavy atom. The summed E-state index contributed by atoms with van der Waals surface area (Å²) in [7, 11) is 0. The lowest BCUT2D eigenvalue weighted by atomic mass is 10.1. The van der Waals surface area contributed by atoms with Gasteiger partial charge in [-0.25, -0.2) is 4.79 Å². The molecular formula is C21H15ClN2O. The number of hydrogen-bond acceptors (Lipinski definition) is 2. The van der Waals surface area contributed by atoms with Crippen molar-refractivity contribution in [2.75, 3.05) is 0 Å². The molecule has 0 aliphatic carbocycles. The van der Waals surface area contributed by atoms with Crippen LogP contribution in [0, 0.1) is 0 Å². The van der Waals surface area contributed by atoms with E-state index in [0.717, 1.165) is 22.0 Å².